The monoisotopic (exact) mass is 505 g/mol. The summed E-state index contributed by atoms with van der Waals surface area (Å²) in [4.78, 5) is 42.3. The summed E-state index contributed by atoms with van der Waals surface area (Å²) in [6.07, 6.45) is 0.222. The SMILES string of the molecule is COc1nc(N)c(Cl)cc1C(=O)N[C@@H]1CCN(CC(=O)Nc2ccc(OC(C)=O)cc2)C[C@@H]1OC. The first-order chi connectivity index (χ1) is 16.7. The highest BCUT2D eigenvalue weighted by Crippen LogP contribution is 2.25. The Labute approximate surface area is 207 Å². The second-order valence-corrected chi connectivity index (χ2v) is 8.36. The predicted molar refractivity (Wildman–Crippen MR) is 130 cm³/mol. The maximum Gasteiger partial charge on any atom is 0.308 e. The number of carbonyl (C=O) groups is 3. The van der Waals surface area contributed by atoms with E-state index >= 15 is 0 Å². The van der Waals surface area contributed by atoms with Gasteiger partial charge in [0.2, 0.25) is 11.8 Å². The van der Waals surface area contributed by atoms with Gasteiger partial charge in [-0.25, -0.2) is 0 Å². The minimum absolute atomic E-state index is 0.0711. The van der Waals surface area contributed by atoms with Crippen molar-refractivity contribution in [2.45, 2.75) is 25.5 Å². The Morgan fingerprint density at radius 2 is 1.94 bits per heavy atom. The maximum atomic E-state index is 12.9. The summed E-state index contributed by atoms with van der Waals surface area (Å²) >= 11 is 6.03. The number of benzene rings is 1. The number of nitrogens with one attached hydrogen (secondary N) is 2. The number of anilines is 2. The van der Waals surface area contributed by atoms with E-state index in [9.17, 15) is 14.4 Å². The first-order valence-corrected chi connectivity index (χ1v) is 11.2. The molecular formula is C23H28ClN5O6. The fraction of sp³-hybridized carbons (Fsp3) is 0.391. The first-order valence-electron chi connectivity index (χ1n) is 10.8. The van der Waals surface area contributed by atoms with Crippen molar-refractivity contribution in [2.24, 2.45) is 0 Å². The molecule has 0 spiro atoms. The van der Waals surface area contributed by atoms with Gasteiger partial charge in [-0.15, -0.1) is 0 Å². The number of likely N-dealkylation sites (tertiary alicyclic amines) is 1. The molecule has 12 heteroatoms. The van der Waals surface area contributed by atoms with Crippen LogP contribution >= 0.6 is 11.6 Å². The second-order valence-electron chi connectivity index (χ2n) is 7.96. The molecule has 2 atom stereocenters. The first kappa shape index (κ1) is 26.2. The van der Waals surface area contributed by atoms with Crippen LogP contribution in [0.5, 0.6) is 11.6 Å². The number of carbonyl (C=O) groups excluding carboxylic acids is 3. The van der Waals surface area contributed by atoms with Gasteiger partial charge in [-0.2, -0.15) is 4.98 Å². The molecule has 0 aliphatic carbocycles. The molecule has 11 nitrogen and oxygen atoms in total. The molecule has 188 valence electrons. The number of hydrogen-bond acceptors (Lipinski definition) is 9. The molecule has 2 aromatic rings. The van der Waals surface area contributed by atoms with E-state index in [4.69, 9.17) is 31.5 Å². The summed E-state index contributed by atoms with van der Waals surface area (Å²) < 4.78 is 15.7. The molecule has 1 aliphatic heterocycles. The van der Waals surface area contributed by atoms with Crippen LogP contribution in [0.4, 0.5) is 11.5 Å². The maximum absolute atomic E-state index is 12.9. The molecule has 35 heavy (non-hydrogen) atoms. The lowest BCUT2D eigenvalue weighted by Crippen LogP contribution is -2.55. The van der Waals surface area contributed by atoms with E-state index in [0.717, 1.165) is 0 Å². The molecule has 1 aliphatic rings. The number of amides is 2. The number of piperidine rings is 1. The quantitative estimate of drug-likeness (QED) is 0.360. The number of nitrogens with two attached hydrogens (primary N) is 1. The van der Waals surface area contributed by atoms with E-state index in [1.807, 2.05) is 4.90 Å². The van der Waals surface area contributed by atoms with Crippen molar-refractivity contribution in [1.82, 2.24) is 15.2 Å². The second kappa shape index (κ2) is 11.8. The number of hydrogen-bond donors (Lipinski definition) is 3. The van der Waals surface area contributed by atoms with E-state index in [2.05, 4.69) is 15.6 Å². The third kappa shape index (κ3) is 7.04. The van der Waals surface area contributed by atoms with Gasteiger partial charge in [0.05, 0.1) is 30.8 Å². The number of rotatable bonds is 8. The van der Waals surface area contributed by atoms with Crippen molar-refractivity contribution in [1.29, 1.82) is 0 Å². The van der Waals surface area contributed by atoms with Crippen LogP contribution < -0.4 is 25.8 Å². The van der Waals surface area contributed by atoms with Gasteiger partial charge in [0.1, 0.15) is 17.1 Å². The molecule has 1 saturated heterocycles. The molecule has 0 unspecified atom stereocenters. The van der Waals surface area contributed by atoms with Crippen molar-refractivity contribution < 1.29 is 28.6 Å². The van der Waals surface area contributed by atoms with Crippen molar-refractivity contribution in [3.05, 3.63) is 40.9 Å². The smallest absolute Gasteiger partial charge is 0.308 e. The van der Waals surface area contributed by atoms with Crippen LogP contribution in [-0.4, -0.2) is 73.7 Å². The highest BCUT2D eigenvalue weighted by atomic mass is 35.5. The Bertz CT molecular complexity index is 1080. The van der Waals surface area contributed by atoms with Crippen molar-refractivity contribution in [3.63, 3.8) is 0 Å². The molecule has 1 fully saturated rings. The zero-order chi connectivity index (χ0) is 25.5. The highest BCUT2D eigenvalue weighted by Gasteiger charge is 2.32. The van der Waals surface area contributed by atoms with E-state index in [0.29, 0.717) is 30.9 Å². The van der Waals surface area contributed by atoms with Crippen LogP contribution in [0.3, 0.4) is 0 Å². The Balaban J connectivity index is 1.55. The largest absolute Gasteiger partial charge is 0.480 e. The highest BCUT2D eigenvalue weighted by molar-refractivity contribution is 6.33. The number of halogens is 1. The lowest BCUT2D eigenvalue weighted by molar-refractivity contribution is -0.131. The van der Waals surface area contributed by atoms with E-state index in [1.165, 1.54) is 20.1 Å². The number of esters is 1. The zero-order valence-electron chi connectivity index (χ0n) is 19.7. The summed E-state index contributed by atoms with van der Waals surface area (Å²) in [6.45, 7) is 2.48. The van der Waals surface area contributed by atoms with Gasteiger partial charge in [-0.3, -0.25) is 19.3 Å². The third-order valence-electron chi connectivity index (χ3n) is 5.44. The molecular weight excluding hydrogens is 478 g/mol. The minimum Gasteiger partial charge on any atom is -0.480 e. The van der Waals surface area contributed by atoms with Crippen molar-refractivity contribution >= 4 is 40.9 Å². The summed E-state index contributed by atoms with van der Waals surface area (Å²) in [5, 5.41) is 5.91. The standard InChI is InChI=1S/C23H28ClN5O6/c1-13(30)35-15-6-4-14(5-7-15)26-20(31)12-29-9-8-18(19(11-29)33-2)27-22(32)16-10-17(24)21(25)28-23(16)34-3/h4-7,10,18-19H,8-9,11-12H2,1-3H3,(H2,25,28)(H,26,31)(H,27,32)/t18-,19+/m1/s1. The molecule has 3 rings (SSSR count). The number of nitrogens with zero attached hydrogens (tertiary/aromatic N) is 2. The Morgan fingerprint density at radius 3 is 2.57 bits per heavy atom. The fourth-order valence-corrected chi connectivity index (χ4v) is 3.91. The van der Waals surface area contributed by atoms with Crippen LogP contribution in [-0.2, 0) is 14.3 Å². The Hall–Kier alpha value is -3.41. The Morgan fingerprint density at radius 1 is 1.23 bits per heavy atom. The van der Waals surface area contributed by atoms with Gasteiger partial charge in [0.25, 0.3) is 5.91 Å². The number of methoxy groups -OCH3 is 2. The molecule has 2 heterocycles. The lowest BCUT2D eigenvalue weighted by Gasteiger charge is -2.37. The molecule has 0 radical (unpaired) electrons. The van der Waals surface area contributed by atoms with Gasteiger partial charge >= 0.3 is 5.97 Å². The molecule has 1 aromatic heterocycles. The molecule has 0 saturated carbocycles. The number of nitrogen functional groups attached to an aromatic ring is 1. The molecule has 4 N–H and O–H groups in total. The third-order valence-corrected chi connectivity index (χ3v) is 5.74. The summed E-state index contributed by atoms with van der Waals surface area (Å²) in [7, 11) is 2.95. The van der Waals surface area contributed by atoms with Crippen molar-refractivity contribution in [2.75, 3.05) is 44.9 Å². The number of ether oxygens (including phenoxy) is 3. The van der Waals surface area contributed by atoms with Crippen LogP contribution in [0.25, 0.3) is 0 Å². The topological polar surface area (TPSA) is 145 Å². The van der Waals surface area contributed by atoms with Gasteiger partial charge in [-0.05, 0) is 36.8 Å². The lowest BCUT2D eigenvalue weighted by atomic mass is 10.0. The summed E-state index contributed by atoms with van der Waals surface area (Å²) in [5.74, 6) is -0.476. The fourth-order valence-electron chi connectivity index (χ4n) is 3.75. The van der Waals surface area contributed by atoms with Gasteiger partial charge in [0, 0.05) is 32.8 Å². The van der Waals surface area contributed by atoms with Gasteiger partial charge < -0.3 is 30.6 Å². The number of pyridine rings is 1. The Kier molecular flexibility index (Phi) is 8.85. The summed E-state index contributed by atoms with van der Waals surface area (Å²) in [6, 6.07) is 7.64. The zero-order valence-corrected chi connectivity index (χ0v) is 20.4. The van der Waals surface area contributed by atoms with Crippen LogP contribution in [0.2, 0.25) is 5.02 Å². The van der Waals surface area contributed by atoms with E-state index < -0.39 is 11.9 Å². The van der Waals surface area contributed by atoms with Crippen LogP contribution in [0, 0.1) is 0 Å². The molecule has 1 aromatic carbocycles. The van der Waals surface area contributed by atoms with E-state index in [1.54, 1.807) is 31.4 Å². The van der Waals surface area contributed by atoms with Crippen LogP contribution in [0.1, 0.15) is 23.7 Å². The predicted octanol–water partition coefficient (Wildman–Crippen LogP) is 1.71. The normalized spacial score (nSPS) is 17.9. The number of aromatic nitrogens is 1. The van der Waals surface area contributed by atoms with Crippen molar-refractivity contribution in [3.8, 4) is 11.6 Å². The molecule has 2 amide bonds. The molecule has 0 bridgehead atoms. The van der Waals surface area contributed by atoms with Gasteiger partial charge in [0.15, 0.2) is 0 Å². The van der Waals surface area contributed by atoms with E-state index in [-0.39, 0.29) is 46.9 Å². The minimum atomic E-state index is -0.415. The average Bonchev–Trinajstić information content (AvgIpc) is 2.82. The average molecular weight is 506 g/mol. The van der Waals surface area contributed by atoms with Crippen LogP contribution in [0.15, 0.2) is 30.3 Å². The van der Waals surface area contributed by atoms with Gasteiger partial charge in [-0.1, -0.05) is 11.6 Å². The summed E-state index contributed by atoms with van der Waals surface area (Å²) in [5.41, 5.74) is 6.44.